The van der Waals surface area contributed by atoms with Crippen molar-refractivity contribution in [3.8, 4) is 5.75 Å². The zero-order valence-electron chi connectivity index (χ0n) is 13.5. The lowest BCUT2D eigenvalue weighted by Gasteiger charge is -2.07. The van der Waals surface area contributed by atoms with Crippen LogP contribution in [0.2, 0.25) is 0 Å². The molecule has 0 aliphatic carbocycles. The van der Waals surface area contributed by atoms with Crippen LogP contribution >= 0.6 is 27.3 Å². The molecular weight excluding hydrogens is 388 g/mol. The molecule has 124 valence electrons. The molecule has 0 bridgehead atoms. The Balaban J connectivity index is 2.15. The van der Waals surface area contributed by atoms with Crippen LogP contribution in [-0.4, -0.2) is 17.1 Å². The molecule has 6 heteroatoms. The zero-order chi connectivity index (χ0) is 17.1. The third kappa shape index (κ3) is 3.30. The Hall–Kier alpha value is -1.92. The van der Waals surface area contributed by atoms with Crippen molar-refractivity contribution >= 4 is 43.4 Å². The van der Waals surface area contributed by atoms with E-state index in [1.165, 1.54) is 11.3 Å². The van der Waals surface area contributed by atoms with Crippen LogP contribution in [0.3, 0.4) is 0 Å². The molecule has 3 aromatic rings. The second-order valence-corrected chi connectivity index (χ2v) is 7.02. The highest BCUT2D eigenvalue weighted by atomic mass is 79.9. The lowest BCUT2D eigenvalue weighted by Crippen LogP contribution is -2.16. The Morgan fingerprint density at radius 2 is 2.04 bits per heavy atom. The van der Waals surface area contributed by atoms with Gasteiger partial charge >= 0.3 is 0 Å². The molecule has 0 saturated carbocycles. The van der Waals surface area contributed by atoms with E-state index in [0.29, 0.717) is 23.5 Å². The third-order valence-corrected chi connectivity index (χ3v) is 5.09. The summed E-state index contributed by atoms with van der Waals surface area (Å²) in [5.41, 5.74) is 1.56. The fraction of sp³-hybridized carbons (Fsp3) is 0.222. The molecule has 0 saturated heterocycles. The summed E-state index contributed by atoms with van der Waals surface area (Å²) in [6.07, 6.45) is 0. The number of carbonyl (C=O) groups excluding carboxylic acids is 1. The Labute approximate surface area is 152 Å². The van der Waals surface area contributed by atoms with Crippen molar-refractivity contribution in [2.24, 2.45) is 4.99 Å². The number of benzene rings is 2. The lowest BCUT2D eigenvalue weighted by atomic mass is 10.2. The van der Waals surface area contributed by atoms with Gasteiger partial charge in [0.15, 0.2) is 4.80 Å². The number of fused-ring (bicyclic) bond motifs is 1. The van der Waals surface area contributed by atoms with Crippen molar-refractivity contribution < 1.29 is 9.53 Å². The van der Waals surface area contributed by atoms with Crippen LogP contribution in [0.4, 0.5) is 0 Å². The van der Waals surface area contributed by atoms with E-state index in [9.17, 15) is 4.79 Å². The number of thiazole rings is 1. The summed E-state index contributed by atoms with van der Waals surface area (Å²) < 4.78 is 9.68. The highest BCUT2D eigenvalue weighted by molar-refractivity contribution is 9.10. The highest BCUT2D eigenvalue weighted by Crippen LogP contribution is 2.27. The van der Waals surface area contributed by atoms with Crippen LogP contribution in [0.15, 0.2) is 51.9 Å². The number of amides is 1. The Kier molecular flexibility index (Phi) is 5.16. The molecular formula is C18H17BrN2O2S. The molecule has 0 fully saturated rings. The van der Waals surface area contributed by atoms with E-state index < -0.39 is 0 Å². The second-order valence-electron chi connectivity index (χ2n) is 5.09. The fourth-order valence-electron chi connectivity index (χ4n) is 2.52. The largest absolute Gasteiger partial charge is 0.492 e. The van der Waals surface area contributed by atoms with E-state index in [0.717, 1.165) is 20.4 Å². The predicted octanol–water partition coefficient (Wildman–Crippen LogP) is 4.63. The molecule has 0 aliphatic rings. The van der Waals surface area contributed by atoms with Crippen molar-refractivity contribution in [2.75, 3.05) is 6.61 Å². The molecule has 0 N–H and O–H groups in total. The normalized spacial score (nSPS) is 11.9. The molecule has 0 atom stereocenters. The summed E-state index contributed by atoms with van der Waals surface area (Å²) >= 11 is 4.89. The van der Waals surface area contributed by atoms with Crippen LogP contribution in [-0.2, 0) is 6.54 Å². The minimum Gasteiger partial charge on any atom is -0.492 e. The van der Waals surface area contributed by atoms with E-state index in [4.69, 9.17) is 4.74 Å². The van der Waals surface area contributed by atoms with Gasteiger partial charge in [0.25, 0.3) is 5.91 Å². The SMILES string of the molecule is CCOc1cccc2sc(=NC(=O)c3cccc(Br)c3)n(CC)c12. The minimum absolute atomic E-state index is 0.247. The van der Waals surface area contributed by atoms with Crippen molar-refractivity contribution in [2.45, 2.75) is 20.4 Å². The molecule has 24 heavy (non-hydrogen) atoms. The van der Waals surface area contributed by atoms with E-state index in [-0.39, 0.29) is 5.91 Å². The summed E-state index contributed by atoms with van der Waals surface area (Å²) in [5, 5.41) is 0. The van der Waals surface area contributed by atoms with Crippen molar-refractivity contribution in [1.29, 1.82) is 0 Å². The standard InChI is InChI=1S/C18H17BrN2O2S/c1-3-21-16-14(23-4-2)9-6-10-15(16)24-18(21)20-17(22)12-7-5-8-13(19)11-12/h5-11H,3-4H2,1-2H3. The first kappa shape index (κ1) is 16.9. The van der Waals surface area contributed by atoms with Crippen LogP contribution in [0.1, 0.15) is 24.2 Å². The van der Waals surface area contributed by atoms with Crippen LogP contribution in [0.25, 0.3) is 10.2 Å². The maximum Gasteiger partial charge on any atom is 0.279 e. The summed E-state index contributed by atoms with van der Waals surface area (Å²) in [6.45, 7) is 5.32. The van der Waals surface area contributed by atoms with Gasteiger partial charge in [0.2, 0.25) is 0 Å². The quantitative estimate of drug-likeness (QED) is 0.636. The zero-order valence-corrected chi connectivity index (χ0v) is 15.9. The number of rotatable bonds is 4. The topological polar surface area (TPSA) is 43.6 Å². The fourth-order valence-corrected chi connectivity index (χ4v) is 4.03. The number of aryl methyl sites for hydroxylation is 1. The number of ether oxygens (including phenoxy) is 1. The minimum atomic E-state index is -0.247. The molecule has 0 spiro atoms. The number of hydrogen-bond donors (Lipinski definition) is 0. The number of hydrogen-bond acceptors (Lipinski definition) is 3. The number of para-hydroxylation sites is 1. The van der Waals surface area contributed by atoms with Crippen molar-refractivity contribution in [3.63, 3.8) is 0 Å². The van der Waals surface area contributed by atoms with Gasteiger partial charge in [-0.05, 0) is 44.2 Å². The Morgan fingerprint density at radius 1 is 1.25 bits per heavy atom. The molecule has 0 unspecified atom stereocenters. The average Bonchev–Trinajstić information content (AvgIpc) is 2.93. The van der Waals surface area contributed by atoms with Crippen LogP contribution in [0.5, 0.6) is 5.75 Å². The molecule has 0 radical (unpaired) electrons. The number of halogens is 1. The first-order chi connectivity index (χ1) is 11.6. The van der Waals surface area contributed by atoms with Crippen LogP contribution < -0.4 is 9.54 Å². The molecule has 4 nitrogen and oxygen atoms in total. The average molecular weight is 405 g/mol. The Bertz CT molecular complexity index is 959. The van der Waals surface area contributed by atoms with E-state index in [1.807, 2.05) is 48.7 Å². The maximum atomic E-state index is 12.5. The number of aromatic nitrogens is 1. The van der Waals surface area contributed by atoms with Gasteiger partial charge in [-0.2, -0.15) is 4.99 Å². The van der Waals surface area contributed by atoms with Gasteiger partial charge < -0.3 is 9.30 Å². The first-order valence-electron chi connectivity index (χ1n) is 7.73. The van der Waals surface area contributed by atoms with Crippen molar-refractivity contribution in [1.82, 2.24) is 4.57 Å². The second kappa shape index (κ2) is 7.32. The van der Waals surface area contributed by atoms with E-state index >= 15 is 0 Å². The third-order valence-electron chi connectivity index (χ3n) is 3.55. The number of nitrogens with zero attached hydrogens (tertiary/aromatic N) is 2. The van der Waals surface area contributed by atoms with Crippen molar-refractivity contribution in [3.05, 3.63) is 57.3 Å². The van der Waals surface area contributed by atoms with Gasteiger partial charge in [0.1, 0.15) is 11.3 Å². The van der Waals surface area contributed by atoms with Crippen LogP contribution in [0, 0.1) is 0 Å². The van der Waals surface area contributed by atoms with Gasteiger partial charge in [0, 0.05) is 16.6 Å². The van der Waals surface area contributed by atoms with Gasteiger partial charge in [0.05, 0.1) is 11.3 Å². The summed E-state index contributed by atoms with van der Waals surface area (Å²) in [7, 11) is 0. The lowest BCUT2D eigenvalue weighted by molar-refractivity contribution is 0.0998. The summed E-state index contributed by atoms with van der Waals surface area (Å²) in [5.74, 6) is 0.576. The van der Waals surface area contributed by atoms with E-state index in [2.05, 4.69) is 20.9 Å². The first-order valence-corrected chi connectivity index (χ1v) is 9.34. The van der Waals surface area contributed by atoms with E-state index in [1.54, 1.807) is 12.1 Å². The highest BCUT2D eigenvalue weighted by Gasteiger charge is 2.12. The number of carbonyl (C=O) groups is 1. The molecule has 1 amide bonds. The Morgan fingerprint density at radius 3 is 2.75 bits per heavy atom. The molecule has 0 aliphatic heterocycles. The molecule has 1 aromatic heterocycles. The summed E-state index contributed by atoms with van der Waals surface area (Å²) in [4.78, 5) is 17.5. The smallest absolute Gasteiger partial charge is 0.279 e. The van der Waals surface area contributed by atoms with Gasteiger partial charge in [-0.3, -0.25) is 4.79 Å². The van der Waals surface area contributed by atoms with Gasteiger partial charge in [-0.15, -0.1) is 0 Å². The predicted molar refractivity (Wildman–Crippen MR) is 101 cm³/mol. The maximum absolute atomic E-state index is 12.5. The molecule has 2 aromatic carbocycles. The summed E-state index contributed by atoms with van der Waals surface area (Å²) in [6, 6.07) is 13.2. The molecule has 1 heterocycles. The van der Waals surface area contributed by atoms with Gasteiger partial charge in [-0.1, -0.05) is 39.4 Å². The monoisotopic (exact) mass is 404 g/mol. The molecule has 3 rings (SSSR count). The van der Waals surface area contributed by atoms with Gasteiger partial charge in [-0.25, -0.2) is 0 Å².